The molecule has 1 aromatic rings. The van der Waals surface area contributed by atoms with Gasteiger partial charge in [0.15, 0.2) is 5.75 Å². The van der Waals surface area contributed by atoms with Gasteiger partial charge < -0.3 is 21.1 Å². The minimum Gasteiger partial charge on any atom is -0.489 e. The van der Waals surface area contributed by atoms with Crippen molar-refractivity contribution in [3.05, 3.63) is 23.8 Å². The van der Waals surface area contributed by atoms with Crippen molar-refractivity contribution in [3.8, 4) is 5.75 Å². The lowest BCUT2D eigenvalue weighted by Gasteiger charge is -2.23. The Hall–Kier alpha value is -2.24. The molecular weight excluding hydrogens is 258 g/mol. The second kappa shape index (κ2) is 5.81. The van der Waals surface area contributed by atoms with Crippen LogP contribution in [0.5, 0.6) is 5.75 Å². The Morgan fingerprint density at radius 2 is 2.15 bits per heavy atom. The quantitative estimate of drug-likeness (QED) is 0.756. The third-order valence-corrected chi connectivity index (χ3v) is 3.18. The minimum absolute atomic E-state index is 0.0740. The highest BCUT2D eigenvalue weighted by Crippen LogP contribution is 2.31. The molecule has 1 aliphatic rings. The third-order valence-electron chi connectivity index (χ3n) is 3.18. The van der Waals surface area contributed by atoms with Gasteiger partial charge >= 0.3 is 0 Å². The van der Waals surface area contributed by atoms with E-state index in [1.54, 1.807) is 12.1 Å². The first-order valence-electron chi connectivity index (χ1n) is 6.60. The summed E-state index contributed by atoms with van der Waals surface area (Å²) in [5.74, 6) is -0.460. The van der Waals surface area contributed by atoms with Gasteiger partial charge in [0.2, 0.25) is 5.91 Å². The number of nitrogens with one attached hydrogen (secondary N) is 2. The molecule has 2 rings (SSSR count). The number of amides is 2. The first-order valence-corrected chi connectivity index (χ1v) is 6.60. The molecule has 1 unspecified atom stereocenters. The lowest BCUT2D eigenvalue weighted by Crippen LogP contribution is -2.47. The zero-order valence-electron chi connectivity index (χ0n) is 11.6. The molecule has 0 saturated heterocycles. The Morgan fingerprint density at radius 1 is 1.40 bits per heavy atom. The van der Waals surface area contributed by atoms with E-state index in [9.17, 15) is 9.59 Å². The van der Waals surface area contributed by atoms with Crippen molar-refractivity contribution in [1.82, 2.24) is 5.32 Å². The number of fused-ring (bicyclic) bond motifs is 1. The number of carbonyl (C=O) groups is 2. The summed E-state index contributed by atoms with van der Waals surface area (Å²) in [6, 6.07) is 4.58. The summed E-state index contributed by atoms with van der Waals surface area (Å²) >= 11 is 0. The summed E-state index contributed by atoms with van der Waals surface area (Å²) in [6.45, 7) is 4.86. The summed E-state index contributed by atoms with van der Waals surface area (Å²) in [6.07, 6.45) is 0. The normalized spacial score (nSPS) is 14.8. The molecule has 6 nitrogen and oxygen atoms in total. The monoisotopic (exact) mass is 277 g/mol. The minimum atomic E-state index is -0.699. The van der Waals surface area contributed by atoms with E-state index >= 15 is 0 Å². The number of para-hydroxylation sites is 1. The van der Waals surface area contributed by atoms with Crippen molar-refractivity contribution < 1.29 is 14.3 Å². The summed E-state index contributed by atoms with van der Waals surface area (Å²) in [5, 5.41) is 5.82. The third kappa shape index (κ3) is 2.84. The van der Waals surface area contributed by atoms with Crippen LogP contribution >= 0.6 is 0 Å². The first-order chi connectivity index (χ1) is 9.50. The van der Waals surface area contributed by atoms with Crippen molar-refractivity contribution in [3.63, 3.8) is 0 Å². The summed E-state index contributed by atoms with van der Waals surface area (Å²) in [7, 11) is 0. The number of rotatable bonds is 4. The number of benzene rings is 1. The van der Waals surface area contributed by atoms with Crippen LogP contribution in [0.2, 0.25) is 0 Å². The lowest BCUT2D eigenvalue weighted by molar-refractivity contribution is -0.120. The topological polar surface area (TPSA) is 93.4 Å². The summed E-state index contributed by atoms with van der Waals surface area (Å²) < 4.78 is 5.54. The zero-order chi connectivity index (χ0) is 14.7. The van der Waals surface area contributed by atoms with Crippen molar-refractivity contribution in [2.75, 3.05) is 18.5 Å². The summed E-state index contributed by atoms with van der Waals surface area (Å²) in [4.78, 5) is 23.7. The predicted octanol–water partition coefficient (Wildman–Crippen LogP) is 0.731. The maximum Gasteiger partial charge on any atom is 0.255 e. The van der Waals surface area contributed by atoms with Crippen molar-refractivity contribution in [2.24, 2.45) is 11.7 Å². The number of carbonyl (C=O) groups excluding carboxylic acids is 2. The van der Waals surface area contributed by atoms with Gasteiger partial charge in [-0.15, -0.1) is 0 Å². The van der Waals surface area contributed by atoms with Gasteiger partial charge in [-0.05, 0) is 18.1 Å². The molecule has 0 fully saturated rings. The van der Waals surface area contributed by atoms with Crippen LogP contribution in [0, 0.1) is 5.92 Å². The van der Waals surface area contributed by atoms with Gasteiger partial charge in [0.25, 0.3) is 5.91 Å². The molecule has 0 aromatic heterocycles. The second-order valence-electron chi connectivity index (χ2n) is 5.06. The van der Waals surface area contributed by atoms with Gasteiger partial charge in [-0.3, -0.25) is 9.59 Å². The smallest absolute Gasteiger partial charge is 0.255 e. The molecule has 4 N–H and O–H groups in total. The maximum absolute atomic E-state index is 12.3. The molecule has 1 aliphatic heterocycles. The number of hydrogen-bond donors (Lipinski definition) is 3. The number of nitrogens with two attached hydrogens (primary N) is 1. The van der Waals surface area contributed by atoms with E-state index in [1.165, 1.54) is 0 Å². The van der Waals surface area contributed by atoms with E-state index in [4.69, 9.17) is 10.5 Å². The van der Waals surface area contributed by atoms with E-state index < -0.39 is 11.9 Å². The van der Waals surface area contributed by atoms with Gasteiger partial charge in [0.1, 0.15) is 12.6 Å². The Kier molecular flexibility index (Phi) is 4.12. The molecule has 0 aliphatic carbocycles. The number of anilines is 1. The van der Waals surface area contributed by atoms with Crippen LogP contribution in [0.25, 0.3) is 0 Å². The number of hydrogen-bond acceptors (Lipinski definition) is 4. The largest absolute Gasteiger partial charge is 0.489 e. The molecule has 0 spiro atoms. The first kappa shape index (κ1) is 14.2. The average molecular weight is 277 g/mol. The highest BCUT2D eigenvalue weighted by Gasteiger charge is 2.25. The SMILES string of the molecule is CC(C)C(NC(=O)c1cccc2c1OCCN2)C(N)=O. The Labute approximate surface area is 117 Å². The number of primary amides is 1. The van der Waals surface area contributed by atoms with E-state index in [1.807, 2.05) is 19.9 Å². The molecule has 0 bridgehead atoms. The molecular formula is C14H19N3O3. The van der Waals surface area contributed by atoms with E-state index in [2.05, 4.69) is 10.6 Å². The fraction of sp³-hybridized carbons (Fsp3) is 0.429. The van der Waals surface area contributed by atoms with E-state index in [0.29, 0.717) is 24.5 Å². The average Bonchev–Trinajstić information content (AvgIpc) is 2.43. The highest BCUT2D eigenvalue weighted by molar-refractivity contribution is 6.01. The molecule has 6 heteroatoms. The highest BCUT2D eigenvalue weighted by atomic mass is 16.5. The van der Waals surface area contributed by atoms with Crippen LogP contribution in [0.1, 0.15) is 24.2 Å². The second-order valence-corrected chi connectivity index (χ2v) is 5.06. The molecule has 20 heavy (non-hydrogen) atoms. The molecule has 0 saturated carbocycles. The predicted molar refractivity (Wildman–Crippen MR) is 75.7 cm³/mol. The van der Waals surface area contributed by atoms with Crippen LogP contribution in [0.4, 0.5) is 5.69 Å². The van der Waals surface area contributed by atoms with Gasteiger partial charge in [-0.1, -0.05) is 19.9 Å². The molecule has 0 radical (unpaired) electrons. The zero-order valence-corrected chi connectivity index (χ0v) is 11.6. The molecule has 1 atom stereocenters. The number of ether oxygens (including phenoxy) is 1. The Morgan fingerprint density at radius 3 is 2.80 bits per heavy atom. The van der Waals surface area contributed by atoms with Gasteiger partial charge in [0, 0.05) is 6.54 Å². The lowest BCUT2D eigenvalue weighted by atomic mass is 10.0. The van der Waals surface area contributed by atoms with Gasteiger partial charge in [-0.2, -0.15) is 0 Å². The maximum atomic E-state index is 12.3. The van der Waals surface area contributed by atoms with Crippen LogP contribution in [-0.2, 0) is 4.79 Å². The Bertz CT molecular complexity index is 528. The van der Waals surface area contributed by atoms with E-state index in [-0.39, 0.29) is 11.8 Å². The van der Waals surface area contributed by atoms with Crippen LogP contribution in [0.3, 0.4) is 0 Å². The molecule has 1 aromatic carbocycles. The van der Waals surface area contributed by atoms with Crippen LogP contribution < -0.4 is 21.1 Å². The van der Waals surface area contributed by atoms with Gasteiger partial charge in [-0.25, -0.2) is 0 Å². The Balaban J connectivity index is 2.23. The van der Waals surface area contributed by atoms with Crippen molar-refractivity contribution in [2.45, 2.75) is 19.9 Å². The fourth-order valence-corrected chi connectivity index (χ4v) is 2.13. The fourth-order valence-electron chi connectivity index (χ4n) is 2.13. The van der Waals surface area contributed by atoms with Crippen molar-refractivity contribution in [1.29, 1.82) is 0 Å². The summed E-state index contributed by atoms with van der Waals surface area (Å²) in [5.41, 5.74) is 6.49. The molecule has 1 heterocycles. The molecule has 2 amide bonds. The van der Waals surface area contributed by atoms with Gasteiger partial charge in [0.05, 0.1) is 11.3 Å². The van der Waals surface area contributed by atoms with Crippen LogP contribution in [0.15, 0.2) is 18.2 Å². The standard InChI is InChI=1S/C14H19N3O3/c1-8(2)11(13(15)18)17-14(19)9-4-3-5-10-12(9)20-7-6-16-10/h3-5,8,11,16H,6-7H2,1-2H3,(H2,15,18)(H,17,19). The van der Waals surface area contributed by atoms with E-state index in [0.717, 1.165) is 5.69 Å². The molecule has 108 valence electrons. The van der Waals surface area contributed by atoms with Crippen molar-refractivity contribution >= 4 is 17.5 Å². The van der Waals surface area contributed by atoms with Crippen LogP contribution in [-0.4, -0.2) is 31.0 Å².